The topological polar surface area (TPSA) is 66.0 Å². The molecule has 5 heteroatoms. The number of aromatic nitrogens is 1. The van der Waals surface area contributed by atoms with E-state index in [1.54, 1.807) is 6.20 Å². The summed E-state index contributed by atoms with van der Waals surface area (Å²) in [6.07, 6.45) is 3.49. The van der Waals surface area contributed by atoms with Gasteiger partial charge in [-0.2, -0.15) is 0 Å². The van der Waals surface area contributed by atoms with Crippen LogP contribution in [0.4, 0.5) is 5.82 Å². The van der Waals surface area contributed by atoms with E-state index >= 15 is 0 Å². The van der Waals surface area contributed by atoms with Crippen molar-refractivity contribution < 1.29 is 0 Å². The number of hydrogen-bond donors (Lipinski definition) is 2. The van der Waals surface area contributed by atoms with Gasteiger partial charge >= 0.3 is 0 Å². The number of halogens is 1. The van der Waals surface area contributed by atoms with Crippen LogP contribution in [-0.2, 0) is 0 Å². The Hall–Kier alpha value is -1.29. The lowest BCUT2D eigenvalue weighted by Crippen LogP contribution is -2.45. The van der Waals surface area contributed by atoms with Gasteiger partial charge in [-0.25, -0.2) is 4.98 Å². The van der Waals surface area contributed by atoms with Gasteiger partial charge in [-0.3, -0.25) is 5.41 Å². The van der Waals surface area contributed by atoms with Gasteiger partial charge in [-0.05, 0) is 25.0 Å². The summed E-state index contributed by atoms with van der Waals surface area (Å²) in [7, 11) is 0. The Labute approximate surface area is 106 Å². The molecule has 0 bridgehead atoms. The third-order valence-electron chi connectivity index (χ3n) is 3.56. The van der Waals surface area contributed by atoms with Crippen LogP contribution in [0.25, 0.3) is 0 Å². The van der Waals surface area contributed by atoms with Crippen LogP contribution >= 0.6 is 11.6 Å². The highest BCUT2D eigenvalue weighted by Gasteiger charge is 2.33. The molecule has 2 heterocycles. The largest absolute Gasteiger partial charge is 0.387 e. The van der Waals surface area contributed by atoms with Crippen molar-refractivity contribution in [2.24, 2.45) is 11.1 Å². The van der Waals surface area contributed by atoms with Gasteiger partial charge in [-0.1, -0.05) is 18.5 Å². The van der Waals surface area contributed by atoms with Crippen molar-refractivity contribution in [3.63, 3.8) is 0 Å². The normalized spacial score (nSPS) is 19.1. The first kappa shape index (κ1) is 12.2. The maximum atomic E-state index is 7.62. The van der Waals surface area contributed by atoms with Crippen LogP contribution in [-0.4, -0.2) is 23.9 Å². The zero-order valence-corrected chi connectivity index (χ0v) is 10.7. The molecule has 1 fully saturated rings. The number of hydrogen-bond acceptors (Lipinski definition) is 3. The third-order valence-corrected chi connectivity index (χ3v) is 3.85. The number of nitrogens with zero attached hydrogens (tertiary/aromatic N) is 2. The summed E-state index contributed by atoms with van der Waals surface area (Å²) in [6, 6.07) is 3.68. The van der Waals surface area contributed by atoms with E-state index in [1.807, 2.05) is 19.1 Å². The van der Waals surface area contributed by atoms with E-state index in [0.29, 0.717) is 5.02 Å². The molecule has 3 N–H and O–H groups in total. The SMILES string of the molecule is CC1(C(=N)N)CCN(c2ncccc2Cl)CC1. The summed E-state index contributed by atoms with van der Waals surface area (Å²) in [6.45, 7) is 3.73. The van der Waals surface area contributed by atoms with Crippen molar-refractivity contribution in [3.8, 4) is 0 Å². The van der Waals surface area contributed by atoms with Gasteiger partial charge in [0.2, 0.25) is 0 Å². The second-order valence-electron chi connectivity index (χ2n) is 4.77. The lowest BCUT2D eigenvalue weighted by atomic mass is 9.79. The Morgan fingerprint density at radius 2 is 2.18 bits per heavy atom. The molecule has 1 aliphatic rings. The van der Waals surface area contributed by atoms with E-state index in [4.69, 9.17) is 22.7 Å². The van der Waals surface area contributed by atoms with Gasteiger partial charge in [0.25, 0.3) is 0 Å². The van der Waals surface area contributed by atoms with E-state index in [2.05, 4.69) is 9.88 Å². The first-order valence-electron chi connectivity index (χ1n) is 5.73. The number of anilines is 1. The fourth-order valence-corrected chi connectivity index (χ4v) is 2.33. The Balaban J connectivity index is 2.10. The van der Waals surface area contributed by atoms with Gasteiger partial charge in [0, 0.05) is 24.7 Å². The van der Waals surface area contributed by atoms with E-state index < -0.39 is 0 Å². The van der Waals surface area contributed by atoms with E-state index in [1.165, 1.54) is 0 Å². The standard InChI is InChI=1S/C12H17ClN4/c1-12(11(14)15)4-7-17(8-5-12)10-9(13)3-2-6-16-10/h2-3,6H,4-5,7-8H2,1H3,(H3,14,15). The number of amidine groups is 1. The molecule has 17 heavy (non-hydrogen) atoms. The van der Waals surface area contributed by atoms with Gasteiger partial charge in [0.05, 0.1) is 10.9 Å². The Kier molecular flexibility index (Phi) is 3.24. The highest BCUT2D eigenvalue weighted by molar-refractivity contribution is 6.32. The summed E-state index contributed by atoms with van der Waals surface area (Å²) in [5, 5.41) is 8.30. The van der Waals surface area contributed by atoms with E-state index in [9.17, 15) is 0 Å². The second kappa shape index (κ2) is 4.53. The molecule has 0 aliphatic carbocycles. The molecule has 0 aromatic carbocycles. The Morgan fingerprint density at radius 3 is 2.71 bits per heavy atom. The van der Waals surface area contributed by atoms with Crippen LogP contribution in [0.15, 0.2) is 18.3 Å². The second-order valence-corrected chi connectivity index (χ2v) is 5.18. The van der Waals surface area contributed by atoms with Gasteiger partial charge in [-0.15, -0.1) is 0 Å². The maximum absolute atomic E-state index is 7.62. The highest BCUT2D eigenvalue weighted by atomic mass is 35.5. The third kappa shape index (κ3) is 2.36. The quantitative estimate of drug-likeness (QED) is 0.627. The molecular formula is C12H17ClN4. The first-order chi connectivity index (χ1) is 8.03. The van der Waals surface area contributed by atoms with Crippen molar-refractivity contribution in [3.05, 3.63) is 23.4 Å². The molecule has 2 rings (SSSR count). The van der Waals surface area contributed by atoms with Crippen molar-refractivity contribution in [1.29, 1.82) is 5.41 Å². The monoisotopic (exact) mass is 252 g/mol. The molecule has 0 amide bonds. The fourth-order valence-electron chi connectivity index (χ4n) is 2.09. The predicted octanol–water partition coefficient (Wildman–Crippen LogP) is 2.28. The number of nitrogens with two attached hydrogens (primary N) is 1. The van der Waals surface area contributed by atoms with Crippen LogP contribution in [0.3, 0.4) is 0 Å². The summed E-state index contributed by atoms with van der Waals surface area (Å²) in [4.78, 5) is 6.46. The molecule has 1 aromatic heterocycles. The zero-order chi connectivity index (χ0) is 12.5. The average molecular weight is 253 g/mol. The Bertz CT molecular complexity index is 424. The van der Waals surface area contributed by atoms with Crippen molar-refractivity contribution >= 4 is 23.3 Å². The molecule has 0 saturated carbocycles. The lowest BCUT2D eigenvalue weighted by molar-refractivity contribution is 0.350. The fraction of sp³-hybridized carbons (Fsp3) is 0.500. The maximum Gasteiger partial charge on any atom is 0.147 e. The van der Waals surface area contributed by atoms with Crippen LogP contribution in [0, 0.1) is 10.8 Å². The molecule has 1 aromatic rings. The van der Waals surface area contributed by atoms with E-state index in [-0.39, 0.29) is 11.3 Å². The number of rotatable bonds is 2. The minimum Gasteiger partial charge on any atom is -0.387 e. The number of nitrogens with one attached hydrogen (secondary N) is 1. The lowest BCUT2D eigenvalue weighted by Gasteiger charge is -2.39. The van der Waals surface area contributed by atoms with Crippen LogP contribution < -0.4 is 10.6 Å². The van der Waals surface area contributed by atoms with Crippen molar-refractivity contribution in [1.82, 2.24) is 4.98 Å². The Morgan fingerprint density at radius 1 is 1.53 bits per heavy atom. The predicted molar refractivity (Wildman–Crippen MR) is 70.7 cm³/mol. The minimum absolute atomic E-state index is 0.169. The molecule has 0 radical (unpaired) electrons. The zero-order valence-electron chi connectivity index (χ0n) is 9.91. The van der Waals surface area contributed by atoms with Gasteiger partial charge in [0.1, 0.15) is 5.82 Å². The van der Waals surface area contributed by atoms with Crippen LogP contribution in [0.1, 0.15) is 19.8 Å². The smallest absolute Gasteiger partial charge is 0.147 e. The van der Waals surface area contributed by atoms with Gasteiger partial charge in [0.15, 0.2) is 0 Å². The first-order valence-corrected chi connectivity index (χ1v) is 6.11. The van der Waals surface area contributed by atoms with Crippen molar-refractivity contribution in [2.45, 2.75) is 19.8 Å². The van der Waals surface area contributed by atoms with Crippen LogP contribution in [0.2, 0.25) is 5.02 Å². The van der Waals surface area contributed by atoms with E-state index in [0.717, 1.165) is 31.7 Å². The average Bonchev–Trinajstić information content (AvgIpc) is 2.31. The molecule has 0 spiro atoms. The summed E-state index contributed by atoms with van der Waals surface area (Å²) < 4.78 is 0. The molecule has 4 nitrogen and oxygen atoms in total. The van der Waals surface area contributed by atoms with Gasteiger partial charge < -0.3 is 10.6 Å². The summed E-state index contributed by atoms with van der Waals surface area (Å²) >= 11 is 6.12. The molecular weight excluding hydrogens is 236 g/mol. The minimum atomic E-state index is -0.169. The molecule has 0 unspecified atom stereocenters. The highest BCUT2D eigenvalue weighted by Crippen LogP contribution is 2.34. The van der Waals surface area contributed by atoms with Crippen molar-refractivity contribution in [2.75, 3.05) is 18.0 Å². The molecule has 1 saturated heterocycles. The molecule has 92 valence electrons. The molecule has 0 atom stereocenters. The van der Waals surface area contributed by atoms with Crippen LogP contribution in [0.5, 0.6) is 0 Å². The molecule has 1 aliphatic heterocycles. The summed E-state index contributed by atoms with van der Waals surface area (Å²) in [5.74, 6) is 1.11. The number of piperidine rings is 1. The number of pyridine rings is 1. The summed E-state index contributed by atoms with van der Waals surface area (Å²) in [5.41, 5.74) is 5.47.